The smallest absolute Gasteiger partial charge is 0.162 e. The SMILES string of the molecule is CC1(c2nccc(NN)n2)CCCCO1. The quantitative estimate of drug-likeness (QED) is 0.564. The highest BCUT2D eigenvalue weighted by Crippen LogP contribution is 2.32. The molecule has 5 heteroatoms. The van der Waals surface area contributed by atoms with E-state index in [9.17, 15) is 0 Å². The number of aromatic nitrogens is 2. The van der Waals surface area contributed by atoms with E-state index in [2.05, 4.69) is 15.4 Å². The first-order chi connectivity index (χ1) is 7.24. The van der Waals surface area contributed by atoms with Crippen molar-refractivity contribution >= 4 is 5.82 Å². The van der Waals surface area contributed by atoms with Gasteiger partial charge in [0.1, 0.15) is 11.4 Å². The van der Waals surface area contributed by atoms with Crippen LogP contribution >= 0.6 is 0 Å². The van der Waals surface area contributed by atoms with E-state index in [0.29, 0.717) is 11.6 Å². The standard InChI is InChI=1S/C10H16N4O/c1-10(5-2-3-7-15-10)9-12-6-4-8(13-9)14-11/h4,6H,2-3,5,7,11H2,1H3,(H,12,13,14). The number of nitrogen functional groups attached to an aromatic ring is 1. The molecule has 1 aliphatic heterocycles. The third-order valence-corrected chi connectivity index (χ3v) is 2.75. The first-order valence-corrected chi connectivity index (χ1v) is 5.19. The summed E-state index contributed by atoms with van der Waals surface area (Å²) in [5.41, 5.74) is 2.16. The lowest BCUT2D eigenvalue weighted by Crippen LogP contribution is -2.32. The number of anilines is 1. The summed E-state index contributed by atoms with van der Waals surface area (Å²) in [5, 5.41) is 0. The van der Waals surface area contributed by atoms with Crippen molar-refractivity contribution < 1.29 is 4.74 Å². The Morgan fingerprint density at radius 1 is 1.53 bits per heavy atom. The van der Waals surface area contributed by atoms with Crippen LogP contribution in [0, 0.1) is 0 Å². The molecule has 1 saturated heterocycles. The van der Waals surface area contributed by atoms with Crippen LogP contribution in [0.5, 0.6) is 0 Å². The van der Waals surface area contributed by atoms with Crippen molar-refractivity contribution in [2.24, 2.45) is 5.84 Å². The average molecular weight is 208 g/mol. The second-order valence-corrected chi connectivity index (χ2v) is 3.95. The molecule has 5 nitrogen and oxygen atoms in total. The van der Waals surface area contributed by atoms with Gasteiger partial charge in [0, 0.05) is 18.9 Å². The minimum atomic E-state index is -0.356. The van der Waals surface area contributed by atoms with Crippen molar-refractivity contribution in [3.63, 3.8) is 0 Å². The van der Waals surface area contributed by atoms with E-state index in [0.717, 1.165) is 25.9 Å². The van der Waals surface area contributed by atoms with E-state index in [1.54, 1.807) is 12.3 Å². The summed E-state index contributed by atoms with van der Waals surface area (Å²) in [6, 6.07) is 1.73. The summed E-state index contributed by atoms with van der Waals surface area (Å²) >= 11 is 0. The van der Waals surface area contributed by atoms with Crippen LogP contribution in [0.15, 0.2) is 12.3 Å². The maximum atomic E-state index is 5.76. The van der Waals surface area contributed by atoms with Gasteiger partial charge in [-0.25, -0.2) is 15.8 Å². The Balaban J connectivity index is 2.26. The van der Waals surface area contributed by atoms with E-state index in [-0.39, 0.29) is 5.60 Å². The van der Waals surface area contributed by atoms with Crippen molar-refractivity contribution in [3.05, 3.63) is 18.1 Å². The number of nitrogens with two attached hydrogens (primary N) is 1. The molecule has 0 saturated carbocycles. The van der Waals surface area contributed by atoms with Gasteiger partial charge in [0.2, 0.25) is 0 Å². The molecule has 15 heavy (non-hydrogen) atoms. The normalized spacial score (nSPS) is 26.3. The lowest BCUT2D eigenvalue weighted by atomic mass is 9.95. The number of nitrogens with zero attached hydrogens (tertiary/aromatic N) is 2. The number of hydrazine groups is 1. The van der Waals surface area contributed by atoms with Crippen molar-refractivity contribution in [1.82, 2.24) is 9.97 Å². The number of ether oxygens (including phenoxy) is 1. The molecule has 2 rings (SSSR count). The van der Waals surface area contributed by atoms with Crippen molar-refractivity contribution in [3.8, 4) is 0 Å². The first kappa shape index (κ1) is 10.3. The molecule has 0 bridgehead atoms. The number of rotatable bonds is 2. The zero-order chi connectivity index (χ0) is 10.7. The minimum Gasteiger partial charge on any atom is -0.367 e. The van der Waals surface area contributed by atoms with Crippen LogP contribution in [-0.2, 0) is 10.3 Å². The fourth-order valence-electron chi connectivity index (χ4n) is 1.80. The molecule has 3 N–H and O–H groups in total. The molecule has 1 unspecified atom stereocenters. The molecule has 0 amide bonds. The third-order valence-electron chi connectivity index (χ3n) is 2.75. The number of nitrogens with one attached hydrogen (secondary N) is 1. The van der Waals surface area contributed by atoms with Crippen LogP contribution in [0.3, 0.4) is 0 Å². The van der Waals surface area contributed by atoms with Gasteiger partial charge in [0.15, 0.2) is 5.82 Å². The first-order valence-electron chi connectivity index (χ1n) is 5.19. The third kappa shape index (κ3) is 2.08. The Morgan fingerprint density at radius 3 is 3.07 bits per heavy atom. The summed E-state index contributed by atoms with van der Waals surface area (Å²) in [6.45, 7) is 2.81. The second kappa shape index (κ2) is 4.12. The van der Waals surface area contributed by atoms with E-state index in [1.807, 2.05) is 6.92 Å². The molecule has 2 heterocycles. The van der Waals surface area contributed by atoms with Crippen LogP contribution in [0.4, 0.5) is 5.82 Å². The van der Waals surface area contributed by atoms with Gasteiger partial charge in [-0.3, -0.25) is 0 Å². The van der Waals surface area contributed by atoms with E-state index in [4.69, 9.17) is 10.6 Å². The van der Waals surface area contributed by atoms with Crippen LogP contribution in [0.1, 0.15) is 32.0 Å². The lowest BCUT2D eigenvalue weighted by molar-refractivity contribution is -0.0759. The van der Waals surface area contributed by atoms with Gasteiger partial charge in [-0.15, -0.1) is 0 Å². The fraction of sp³-hybridized carbons (Fsp3) is 0.600. The van der Waals surface area contributed by atoms with Crippen molar-refractivity contribution in [2.75, 3.05) is 12.0 Å². The summed E-state index contributed by atoms with van der Waals surface area (Å²) in [4.78, 5) is 8.57. The molecular weight excluding hydrogens is 192 g/mol. The topological polar surface area (TPSA) is 73.1 Å². The number of hydrogen-bond acceptors (Lipinski definition) is 5. The average Bonchev–Trinajstić information content (AvgIpc) is 2.30. The largest absolute Gasteiger partial charge is 0.367 e. The van der Waals surface area contributed by atoms with Crippen LogP contribution in [0.25, 0.3) is 0 Å². The molecule has 1 aromatic rings. The second-order valence-electron chi connectivity index (χ2n) is 3.95. The van der Waals surface area contributed by atoms with Gasteiger partial charge < -0.3 is 10.2 Å². The van der Waals surface area contributed by atoms with E-state index < -0.39 is 0 Å². The molecule has 1 aliphatic rings. The van der Waals surface area contributed by atoms with Gasteiger partial charge >= 0.3 is 0 Å². The maximum absolute atomic E-state index is 5.76. The van der Waals surface area contributed by atoms with Crippen molar-refractivity contribution in [2.45, 2.75) is 31.8 Å². The summed E-state index contributed by atoms with van der Waals surface area (Å²) in [7, 11) is 0. The summed E-state index contributed by atoms with van der Waals surface area (Å²) in [6.07, 6.45) is 4.92. The molecular formula is C10H16N4O. The molecule has 0 aromatic carbocycles. The fourth-order valence-corrected chi connectivity index (χ4v) is 1.80. The van der Waals surface area contributed by atoms with Gasteiger partial charge in [0.25, 0.3) is 0 Å². The maximum Gasteiger partial charge on any atom is 0.162 e. The molecule has 82 valence electrons. The highest BCUT2D eigenvalue weighted by molar-refractivity contribution is 5.31. The van der Waals surface area contributed by atoms with Crippen molar-refractivity contribution in [1.29, 1.82) is 0 Å². The minimum absolute atomic E-state index is 0.356. The predicted molar refractivity (Wildman–Crippen MR) is 57.0 cm³/mol. The summed E-state index contributed by atoms with van der Waals surface area (Å²) in [5.74, 6) is 6.64. The Hall–Kier alpha value is -1.20. The number of hydrogen-bond donors (Lipinski definition) is 2. The lowest BCUT2D eigenvalue weighted by Gasteiger charge is -2.32. The highest BCUT2D eigenvalue weighted by atomic mass is 16.5. The van der Waals surface area contributed by atoms with Gasteiger partial charge in [-0.1, -0.05) is 0 Å². The van der Waals surface area contributed by atoms with Crippen LogP contribution in [0.2, 0.25) is 0 Å². The van der Waals surface area contributed by atoms with Gasteiger partial charge in [-0.05, 0) is 26.2 Å². The highest BCUT2D eigenvalue weighted by Gasteiger charge is 2.32. The van der Waals surface area contributed by atoms with Crippen LogP contribution < -0.4 is 11.3 Å². The Kier molecular flexibility index (Phi) is 2.83. The molecule has 1 aromatic heterocycles. The van der Waals surface area contributed by atoms with Gasteiger partial charge in [-0.2, -0.15) is 0 Å². The van der Waals surface area contributed by atoms with E-state index in [1.165, 1.54) is 0 Å². The molecule has 1 atom stereocenters. The molecule has 0 spiro atoms. The van der Waals surface area contributed by atoms with Crippen LogP contribution in [-0.4, -0.2) is 16.6 Å². The Labute approximate surface area is 89.0 Å². The van der Waals surface area contributed by atoms with Gasteiger partial charge in [0.05, 0.1) is 0 Å². The Bertz CT molecular complexity index is 336. The Morgan fingerprint density at radius 2 is 2.40 bits per heavy atom. The molecule has 1 fully saturated rings. The zero-order valence-corrected chi connectivity index (χ0v) is 8.86. The summed E-state index contributed by atoms with van der Waals surface area (Å²) < 4.78 is 5.76. The zero-order valence-electron chi connectivity index (χ0n) is 8.86. The van der Waals surface area contributed by atoms with E-state index >= 15 is 0 Å². The predicted octanol–water partition coefficient (Wildman–Crippen LogP) is 1.18. The molecule has 0 radical (unpaired) electrons. The molecule has 0 aliphatic carbocycles. The monoisotopic (exact) mass is 208 g/mol.